The second-order valence-corrected chi connectivity index (χ2v) is 3.43. The molecule has 1 aromatic heterocycles. The Morgan fingerprint density at radius 3 is 2.56 bits per heavy atom. The molecule has 2 aromatic rings. The van der Waals surface area contributed by atoms with Crippen LogP contribution in [0.15, 0.2) is 30.3 Å². The predicted octanol–water partition coefficient (Wildman–Crippen LogP) is 2.74. The summed E-state index contributed by atoms with van der Waals surface area (Å²) in [5.74, 6) is -1.48. The number of hydrogen-bond donors (Lipinski definition) is 1. The van der Waals surface area contributed by atoms with Gasteiger partial charge in [0, 0.05) is 12.1 Å². The molecule has 0 aliphatic carbocycles. The van der Waals surface area contributed by atoms with Crippen LogP contribution in [0.25, 0.3) is 0 Å². The molecule has 0 atom stereocenters. The molecule has 94 valence electrons. The smallest absolute Gasteiger partial charge is 0.246 e. The number of methoxy groups -OCH3 is 1. The topological polar surface area (TPSA) is 57.4 Å². The van der Waals surface area contributed by atoms with E-state index >= 15 is 0 Å². The lowest BCUT2D eigenvalue weighted by molar-refractivity contribution is 0.383. The van der Waals surface area contributed by atoms with Crippen molar-refractivity contribution in [1.82, 2.24) is 4.98 Å². The lowest BCUT2D eigenvalue weighted by Gasteiger charge is -2.08. The Labute approximate surface area is 102 Å². The van der Waals surface area contributed by atoms with Gasteiger partial charge in [-0.2, -0.15) is 4.98 Å². The normalized spacial score (nSPS) is 10.2. The minimum absolute atomic E-state index is 0.0698. The fourth-order valence-electron chi connectivity index (χ4n) is 1.28. The van der Waals surface area contributed by atoms with E-state index in [2.05, 4.69) is 4.98 Å². The summed E-state index contributed by atoms with van der Waals surface area (Å²) in [4.78, 5) is 3.95. The van der Waals surface area contributed by atoms with Crippen molar-refractivity contribution in [2.24, 2.45) is 0 Å². The minimum atomic E-state index is -1.01. The average Bonchev–Trinajstić information content (AvgIpc) is 2.36. The molecule has 0 saturated heterocycles. The Morgan fingerprint density at radius 1 is 1.11 bits per heavy atom. The van der Waals surface area contributed by atoms with Crippen LogP contribution in [-0.2, 0) is 0 Å². The highest BCUT2D eigenvalue weighted by Gasteiger charge is 2.08. The molecule has 2 rings (SSSR count). The van der Waals surface area contributed by atoms with Crippen LogP contribution in [0, 0.1) is 11.6 Å². The number of rotatable bonds is 3. The molecule has 0 unspecified atom stereocenters. The molecular formula is C12H10F2N2O2. The summed E-state index contributed by atoms with van der Waals surface area (Å²) >= 11 is 0. The van der Waals surface area contributed by atoms with E-state index < -0.39 is 11.6 Å². The molecule has 6 heteroatoms. The highest BCUT2D eigenvalue weighted by atomic mass is 19.2. The van der Waals surface area contributed by atoms with Crippen LogP contribution in [0.5, 0.6) is 17.5 Å². The van der Waals surface area contributed by atoms with Gasteiger partial charge in [-0.25, -0.2) is 8.78 Å². The predicted molar refractivity (Wildman–Crippen MR) is 61.6 cm³/mol. The van der Waals surface area contributed by atoms with E-state index in [1.165, 1.54) is 13.2 Å². The number of nitrogen functional groups attached to an aromatic ring is 1. The Bertz CT molecular complexity index is 576. The van der Waals surface area contributed by atoms with Gasteiger partial charge in [-0.05, 0) is 18.2 Å². The zero-order chi connectivity index (χ0) is 13.1. The maximum absolute atomic E-state index is 13.0. The molecule has 0 aliphatic rings. The molecule has 4 nitrogen and oxygen atoms in total. The summed E-state index contributed by atoms with van der Waals surface area (Å²) in [6.45, 7) is 0. The molecule has 0 saturated carbocycles. The van der Waals surface area contributed by atoms with Gasteiger partial charge < -0.3 is 15.2 Å². The van der Waals surface area contributed by atoms with Crippen LogP contribution in [0.3, 0.4) is 0 Å². The van der Waals surface area contributed by atoms with E-state index in [0.717, 1.165) is 12.1 Å². The Kier molecular flexibility index (Phi) is 3.27. The van der Waals surface area contributed by atoms with Gasteiger partial charge in [0.05, 0.1) is 12.8 Å². The fraction of sp³-hybridized carbons (Fsp3) is 0.0833. The monoisotopic (exact) mass is 252 g/mol. The summed E-state index contributed by atoms with van der Waals surface area (Å²) in [5.41, 5.74) is 5.91. The fourth-order valence-corrected chi connectivity index (χ4v) is 1.28. The van der Waals surface area contributed by atoms with Crippen molar-refractivity contribution >= 4 is 5.69 Å². The first-order valence-corrected chi connectivity index (χ1v) is 5.03. The number of aromatic nitrogens is 1. The van der Waals surface area contributed by atoms with Crippen molar-refractivity contribution in [3.05, 3.63) is 42.0 Å². The van der Waals surface area contributed by atoms with Crippen molar-refractivity contribution in [2.75, 3.05) is 12.8 Å². The number of halogens is 2. The molecule has 0 radical (unpaired) electrons. The van der Waals surface area contributed by atoms with Gasteiger partial charge in [-0.15, -0.1) is 0 Å². The van der Waals surface area contributed by atoms with Gasteiger partial charge in [0.15, 0.2) is 11.6 Å². The van der Waals surface area contributed by atoms with E-state index in [1.54, 1.807) is 12.1 Å². The van der Waals surface area contributed by atoms with E-state index in [-0.39, 0.29) is 17.3 Å². The third-order valence-corrected chi connectivity index (χ3v) is 2.18. The molecule has 1 aromatic carbocycles. The van der Waals surface area contributed by atoms with Crippen molar-refractivity contribution in [3.8, 4) is 17.5 Å². The van der Waals surface area contributed by atoms with Gasteiger partial charge in [-0.1, -0.05) is 0 Å². The maximum atomic E-state index is 13.0. The zero-order valence-corrected chi connectivity index (χ0v) is 9.48. The van der Waals surface area contributed by atoms with Crippen LogP contribution < -0.4 is 15.2 Å². The number of ether oxygens (including phenoxy) is 2. The summed E-state index contributed by atoms with van der Waals surface area (Å²) in [6.07, 6.45) is 0. The first kappa shape index (κ1) is 12.1. The van der Waals surface area contributed by atoms with Gasteiger partial charge in [0.1, 0.15) is 5.75 Å². The molecule has 0 amide bonds. The summed E-state index contributed by atoms with van der Waals surface area (Å²) in [7, 11) is 1.44. The Balaban J connectivity index is 2.30. The summed E-state index contributed by atoms with van der Waals surface area (Å²) in [5, 5.41) is 0. The van der Waals surface area contributed by atoms with Gasteiger partial charge >= 0.3 is 0 Å². The van der Waals surface area contributed by atoms with E-state index in [1.807, 2.05) is 0 Å². The Morgan fingerprint density at radius 2 is 1.89 bits per heavy atom. The lowest BCUT2D eigenvalue weighted by atomic mass is 10.3. The van der Waals surface area contributed by atoms with Gasteiger partial charge in [-0.3, -0.25) is 0 Å². The highest BCUT2D eigenvalue weighted by Crippen LogP contribution is 2.28. The van der Waals surface area contributed by atoms with Crippen LogP contribution in [0.1, 0.15) is 0 Å². The molecule has 0 aliphatic heterocycles. The second kappa shape index (κ2) is 4.87. The van der Waals surface area contributed by atoms with Crippen molar-refractivity contribution in [2.45, 2.75) is 0 Å². The van der Waals surface area contributed by atoms with Crippen molar-refractivity contribution in [3.63, 3.8) is 0 Å². The van der Waals surface area contributed by atoms with E-state index in [0.29, 0.717) is 5.88 Å². The number of nitrogens with two attached hydrogens (primary N) is 1. The van der Waals surface area contributed by atoms with Crippen molar-refractivity contribution in [1.29, 1.82) is 0 Å². The summed E-state index contributed by atoms with van der Waals surface area (Å²) in [6, 6.07) is 6.25. The highest BCUT2D eigenvalue weighted by molar-refractivity contribution is 5.50. The van der Waals surface area contributed by atoms with Crippen LogP contribution >= 0.6 is 0 Å². The molecule has 18 heavy (non-hydrogen) atoms. The van der Waals surface area contributed by atoms with Gasteiger partial charge in [0.2, 0.25) is 11.8 Å². The standard InChI is InChI=1S/C12H10F2N2O2/c1-17-11-5-4-10(15)12(16-11)18-7-2-3-8(13)9(14)6-7/h2-6H,15H2,1H3. The van der Waals surface area contributed by atoms with Crippen molar-refractivity contribution < 1.29 is 18.3 Å². The number of benzene rings is 1. The average molecular weight is 252 g/mol. The Hall–Kier alpha value is -2.37. The molecular weight excluding hydrogens is 242 g/mol. The number of hydrogen-bond acceptors (Lipinski definition) is 4. The lowest BCUT2D eigenvalue weighted by Crippen LogP contribution is -1.97. The van der Waals surface area contributed by atoms with Crippen LogP contribution in [-0.4, -0.2) is 12.1 Å². The van der Waals surface area contributed by atoms with Crippen LogP contribution in [0.4, 0.5) is 14.5 Å². The third-order valence-electron chi connectivity index (χ3n) is 2.18. The van der Waals surface area contributed by atoms with Crippen LogP contribution in [0.2, 0.25) is 0 Å². The molecule has 0 fully saturated rings. The number of pyridine rings is 1. The maximum Gasteiger partial charge on any atom is 0.246 e. The first-order valence-electron chi connectivity index (χ1n) is 5.03. The summed E-state index contributed by atoms with van der Waals surface area (Å²) < 4.78 is 35.9. The number of nitrogens with zero attached hydrogens (tertiary/aromatic N) is 1. The van der Waals surface area contributed by atoms with E-state index in [9.17, 15) is 8.78 Å². The molecule has 2 N–H and O–H groups in total. The first-order chi connectivity index (χ1) is 8.60. The number of anilines is 1. The zero-order valence-electron chi connectivity index (χ0n) is 9.48. The third kappa shape index (κ3) is 2.48. The largest absolute Gasteiger partial charge is 0.481 e. The van der Waals surface area contributed by atoms with Gasteiger partial charge in [0.25, 0.3) is 0 Å². The molecule has 1 heterocycles. The van der Waals surface area contributed by atoms with E-state index in [4.69, 9.17) is 15.2 Å². The molecule has 0 bridgehead atoms. The second-order valence-electron chi connectivity index (χ2n) is 3.43. The quantitative estimate of drug-likeness (QED) is 0.912. The minimum Gasteiger partial charge on any atom is -0.481 e. The molecule has 0 spiro atoms. The SMILES string of the molecule is COc1ccc(N)c(Oc2ccc(F)c(F)c2)n1.